The van der Waals surface area contributed by atoms with Gasteiger partial charge in [0.2, 0.25) is 5.91 Å². The van der Waals surface area contributed by atoms with Gasteiger partial charge >= 0.3 is 0 Å². The van der Waals surface area contributed by atoms with Crippen molar-refractivity contribution in [1.82, 2.24) is 15.1 Å². The lowest BCUT2D eigenvalue weighted by Crippen LogP contribution is -2.38. The maximum Gasteiger partial charge on any atom is 0.251 e. The SMILES string of the molecule is CNC(=O)c1ccc(-c2cc(NC(=O)C3CCCN(C)C3)cc3c2CN(C#N)C3)cc1. The summed E-state index contributed by atoms with van der Waals surface area (Å²) in [6.07, 6.45) is 4.15. The van der Waals surface area contributed by atoms with Crippen LogP contribution in [0.15, 0.2) is 36.4 Å². The summed E-state index contributed by atoms with van der Waals surface area (Å²) in [6.45, 7) is 2.88. The van der Waals surface area contributed by atoms with Crippen molar-refractivity contribution in [3.8, 4) is 17.3 Å². The van der Waals surface area contributed by atoms with E-state index in [1.807, 2.05) is 31.3 Å². The van der Waals surface area contributed by atoms with Gasteiger partial charge in [-0.15, -0.1) is 0 Å². The zero-order chi connectivity index (χ0) is 22.0. The van der Waals surface area contributed by atoms with E-state index in [1.165, 1.54) is 0 Å². The van der Waals surface area contributed by atoms with Gasteiger partial charge in [-0.25, -0.2) is 0 Å². The number of benzene rings is 2. The van der Waals surface area contributed by atoms with Crippen LogP contribution in [-0.4, -0.2) is 48.8 Å². The van der Waals surface area contributed by atoms with Crippen LogP contribution in [0.1, 0.15) is 34.3 Å². The Labute approximate surface area is 182 Å². The first-order valence-corrected chi connectivity index (χ1v) is 10.6. The highest BCUT2D eigenvalue weighted by atomic mass is 16.2. The van der Waals surface area contributed by atoms with Crippen LogP contribution in [0.3, 0.4) is 0 Å². The van der Waals surface area contributed by atoms with Gasteiger partial charge in [0.05, 0.1) is 19.0 Å². The third kappa shape index (κ3) is 4.39. The fourth-order valence-corrected chi connectivity index (χ4v) is 4.48. The lowest BCUT2D eigenvalue weighted by molar-refractivity contribution is -0.121. The van der Waals surface area contributed by atoms with Gasteiger partial charge < -0.3 is 20.4 Å². The van der Waals surface area contributed by atoms with E-state index in [9.17, 15) is 14.9 Å². The van der Waals surface area contributed by atoms with Gasteiger partial charge in [-0.05, 0) is 73.0 Å². The molecule has 2 N–H and O–H groups in total. The average Bonchev–Trinajstić information content (AvgIpc) is 3.21. The standard InChI is InChI=1S/C24H27N5O2/c1-26-23(30)17-7-5-16(6-8-17)21-11-20(10-19-13-29(15-25)14-22(19)21)27-24(31)18-4-3-9-28(2)12-18/h5-8,10-11,18H,3-4,9,12-14H2,1-2H3,(H,26,30)(H,27,31). The summed E-state index contributed by atoms with van der Waals surface area (Å²) in [5, 5.41) is 15.1. The highest BCUT2D eigenvalue weighted by Crippen LogP contribution is 2.36. The van der Waals surface area contributed by atoms with Crippen LogP contribution in [0.4, 0.5) is 5.69 Å². The van der Waals surface area contributed by atoms with Gasteiger partial charge in [0.15, 0.2) is 6.19 Å². The second-order valence-corrected chi connectivity index (χ2v) is 8.36. The van der Waals surface area contributed by atoms with Gasteiger partial charge in [0.25, 0.3) is 5.91 Å². The Balaban J connectivity index is 1.65. The van der Waals surface area contributed by atoms with Crippen LogP contribution in [0.25, 0.3) is 11.1 Å². The summed E-state index contributed by atoms with van der Waals surface area (Å²) in [6, 6.07) is 11.4. The molecule has 31 heavy (non-hydrogen) atoms. The van der Waals surface area contributed by atoms with Crippen molar-refractivity contribution >= 4 is 17.5 Å². The van der Waals surface area contributed by atoms with Crippen LogP contribution in [0.5, 0.6) is 0 Å². The minimum atomic E-state index is -0.133. The molecule has 0 aliphatic carbocycles. The van der Waals surface area contributed by atoms with Crippen molar-refractivity contribution in [2.45, 2.75) is 25.9 Å². The third-order valence-electron chi connectivity index (χ3n) is 6.14. The smallest absolute Gasteiger partial charge is 0.251 e. The monoisotopic (exact) mass is 417 g/mol. The van der Waals surface area contributed by atoms with Crippen molar-refractivity contribution in [2.75, 3.05) is 32.5 Å². The topological polar surface area (TPSA) is 88.5 Å². The Morgan fingerprint density at radius 3 is 2.61 bits per heavy atom. The maximum atomic E-state index is 12.9. The number of rotatable bonds is 4. The second-order valence-electron chi connectivity index (χ2n) is 8.36. The predicted molar refractivity (Wildman–Crippen MR) is 119 cm³/mol. The van der Waals surface area contributed by atoms with E-state index in [0.717, 1.165) is 53.9 Å². The number of hydrogen-bond donors (Lipinski definition) is 2. The molecule has 0 spiro atoms. The highest BCUT2D eigenvalue weighted by Gasteiger charge is 2.26. The van der Waals surface area contributed by atoms with E-state index < -0.39 is 0 Å². The Kier molecular flexibility index (Phi) is 5.92. The Hall–Kier alpha value is -3.37. The molecule has 1 fully saturated rings. The molecule has 4 rings (SSSR count). The number of nitrogens with one attached hydrogen (secondary N) is 2. The third-order valence-corrected chi connectivity index (χ3v) is 6.14. The maximum absolute atomic E-state index is 12.9. The number of carbonyl (C=O) groups is 2. The highest BCUT2D eigenvalue weighted by molar-refractivity contribution is 5.95. The number of nitriles is 1. The molecule has 0 radical (unpaired) electrons. The molecule has 7 nitrogen and oxygen atoms in total. The summed E-state index contributed by atoms with van der Waals surface area (Å²) >= 11 is 0. The molecule has 7 heteroatoms. The first-order valence-electron chi connectivity index (χ1n) is 10.6. The molecule has 0 aromatic heterocycles. The van der Waals surface area contributed by atoms with E-state index in [1.54, 1.807) is 24.1 Å². The van der Waals surface area contributed by atoms with Crippen molar-refractivity contribution in [3.05, 3.63) is 53.1 Å². The molecule has 2 amide bonds. The van der Waals surface area contributed by atoms with Crippen molar-refractivity contribution < 1.29 is 9.59 Å². The normalized spacial score (nSPS) is 18.2. The first-order chi connectivity index (χ1) is 15.0. The Morgan fingerprint density at radius 2 is 1.94 bits per heavy atom. The molecule has 0 saturated carbocycles. The number of likely N-dealkylation sites (tertiary alicyclic amines) is 1. The minimum absolute atomic E-state index is 0.0158. The number of fused-ring (bicyclic) bond motifs is 1. The Morgan fingerprint density at radius 1 is 1.16 bits per heavy atom. The lowest BCUT2D eigenvalue weighted by atomic mass is 9.94. The van der Waals surface area contributed by atoms with E-state index in [-0.39, 0.29) is 17.7 Å². The van der Waals surface area contributed by atoms with E-state index >= 15 is 0 Å². The van der Waals surface area contributed by atoms with Crippen LogP contribution in [0, 0.1) is 17.4 Å². The van der Waals surface area contributed by atoms with Crippen molar-refractivity contribution in [2.24, 2.45) is 5.92 Å². The van der Waals surface area contributed by atoms with Gasteiger partial charge in [0.1, 0.15) is 0 Å². The van der Waals surface area contributed by atoms with Crippen LogP contribution >= 0.6 is 0 Å². The average molecular weight is 418 g/mol. The molecular weight excluding hydrogens is 390 g/mol. The predicted octanol–water partition coefficient (Wildman–Crippen LogP) is 2.79. The number of carbonyl (C=O) groups excluding carboxylic acids is 2. The largest absolute Gasteiger partial charge is 0.355 e. The quantitative estimate of drug-likeness (QED) is 0.747. The minimum Gasteiger partial charge on any atom is -0.355 e. The summed E-state index contributed by atoms with van der Waals surface area (Å²) < 4.78 is 0. The van der Waals surface area contributed by atoms with Gasteiger partial charge in [0, 0.05) is 24.8 Å². The lowest BCUT2D eigenvalue weighted by Gasteiger charge is -2.28. The van der Waals surface area contributed by atoms with Crippen LogP contribution in [-0.2, 0) is 17.9 Å². The fourth-order valence-electron chi connectivity index (χ4n) is 4.48. The van der Waals surface area contributed by atoms with Gasteiger partial charge in [-0.1, -0.05) is 12.1 Å². The zero-order valence-corrected chi connectivity index (χ0v) is 17.9. The number of nitrogens with zero attached hydrogens (tertiary/aromatic N) is 3. The van der Waals surface area contributed by atoms with Crippen molar-refractivity contribution in [1.29, 1.82) is 5.26 Å². The molecule has 2 aliphatic rings. The van der Waals surface area contributed by atoms with E-state index in [4.69, 9.17) is 0 Å². The number of amides is 2. The number of anilines is 1. The molecule has 0 bridgehead atoms. The van der Waals surface area contributed by atoms with E-state index in [0.29, 0.717) is 18.7 Å². The summed E-state index contributed by atoms with van der Waals surface area (Å²) in [5.41, 5.74) is 5.41. The van der Waals surface area contributed by atoms with Gasteiger partial charge in [-0.3, -0.25) is 9.59 Å². The fraction of sp³-hybridized carbons (Fsp3) is 0.375. The molecule has 1 atom stereocenters. The number of hydrogen-bond acceptors (Lipinski definition) is 5. The summed E-state index contributed by atoms with van der Waals surface area (Å²) in [5.74, 6) is -0.105. The number of piperidine rings is 1. The van der Waals surface area contributed by atoms with E-state index in [2.05, 4.69) is 21.7 Å². The first kappa shape index (κ1) is 20.9. The van der Waals surface area contributed by atoms with Crippen LogP contribution in [0.2, 0.25) is 0 Å². The summed E-state index contributed by atoms with van der Waals surface area (Å²) in [7, 11) is 3.65. The van der Waals surface area contributed by atoms with Crippen LogP contribution < -0.4 is 10.6 Å². The molecule has 2 aliphatic heterocycles. The molecule has 1 saturated heterocycles. The Bertz CT molecular complexity index is 1040. The summed E-state index contributed by atoms with van der Waals surface area (Å²) in [4.78, 5) is 28.7. The second kappa shape index (κ2) is 8.78. The molecule has 2 heterocycles. The van der Waals surface area contributed by atoms with Gasteiger partial charge in [-0.2, -0.15) is 5.26 Å². The molecular formula is C24H27N5O2. The molecule has 1 unspecified atom stereocenters. The molecule has 2 aromatic rings. The zero-order valence-electron chi connectivity index (χ0n) is 17.9. The van der Waals surface area contributed by atoms with Crippen molar-refractivity contribution in [3.63, 3.8) is 0 Å². The molecule has 160 valence electrons. The molecule has 2 aromatic carbocycles.